The van der Waals surface area contributed by atoms with Gasteiger partial charge in [0.15, 0.2) is 5.69 Å². The first-order chi connectivity index (χ1) is 11.2. The SMILES string of the molecule is CCC(CC)c1c(C(=O)O)nnn1-c1cccc2ccccc12. The van der Waals surface area contributed by atoms with Crippen LogP contribution in [0.25, 0.3) is 16.5 Å². The minimum atomic E-state index is -1.03. The van der Waals surface area contributed by atoms with Crippen molar-refractivity contribution in [3.05, 3.63) is 53.9 Å². The van der Waals surface area contributed by atoms with Crippen LogP contribution in [0.3, 0.4) is 0 Å². The largest absolute Gasteiger partial charge is 0.476 e. The number of aromatic carboxylic acids is 1. The molecule has 1 aromatic heterocycles. The maximum atomic E-state index is 11.6. The Morgan fingerprint density at radius 1 is 1.13 bits per heavy atom. The lowest BCUT2D eigenvalue weighted by Crippen LogP contribution is -2.11. The van der Waals surface area contributed by atoms with Gasteiger partial charge in [0, 0.05) is 11.3 Å². The number of aromatic nitrogens is 3. The van der Waals surface area contributed by atoms with Gasteiger partial charge in [0.2, 0.25) is 0 Å². The van der Waals surface area contributed by atoms with Crippen molar-refractivity contribution in [1.29, 1.82) is 0 Å². The molecule has 3 rings (SSSR count). The maximum absolute atomic E-state index is 11.6. The summed E-state index contributed by atoms with van der Waals surface area (Å²) in [6.07, 6.45) is 1.68. The fourth-order valence-electron chi connectivity index (χ4n) is 3.05. The first-order valence-electron chi connectivity index (χ1n) is 7.84. The van der Waals surface area contributed by atoms with Crippen LogP contribution in [0.15, 0.2) is 42.5 Å². The highest BCUT2D eigenvalue weighted by atomic mass is 16.4. The van der Waals surface area contributed by atoms with E-state index in [0.29, 0.717) is 5.69 Å². The van der Waals surface area contributed by atoms with E-state index in [0.717, 1.165) is 29.3 Å². The van der Waals surface area contributed by atoms with Gasteiger partial charge in [-0.25, -0.2) is 9.48 Å². The van der Waals surface area contributed by atoms with Crippen LogP contribution in [0.4, 0.5) is 0 Å². The molecule has 5 heteroatoms. The number of benzene rings is 2. The van der Waals surface area contributed by atoms with Gasteiger partial charge in [0.1, 0.15) is 0 Å². The third-order valence-corrected chi connectivity index (χ3v) is 4.27. The molecule has 0 spiro atoms. The number of hydrogen-bond donors (Lipinski definition) is 1. The summed E-state index contributed by atoms with van der Waals surface area (Å²) < 4.78 is 1.70. The standard InChI is InChI=1S/C18H19N3O2/c1-3-12(4-2)17-16(18(22)23)19-20-21(17)15-11-7-9-13-8-5-6-10-14(13)15/h5-12H,3-4H2,1-2H3,(H,22,23). The first kappa shape index (κ1) is 15.2. The van der Waals surface area contributed by atoms with E-state index in [-0.39, 0.29) is 11.6 Å². The predicted octanol–water partition coefficient (Wildman–Crippen LogP) is 4.02. The van der Waals surface area contributed by atoms with Gasteiger partial charge in [-0.3, -0.25) is 0 Å². The zero-order chi connectivity index (χ0) is 16.4. The molecule has 2 aromatic carbocycles. The van der Waals surface area contributed by atoms with Gasteiger partial charge in [-0.2, -0.15) is 0 Å². The summed E-state index contributed by atoms with van der Waals surface area (Å²) in [6, 6.07) is 13.9. The van der Waals surface area contributed by atoms with Crippen molar-refractivity contribution in [3.8, 4) is 5.69 Å². The minimum Gasteiger partial charge on any atom is -0.476 e. The molecule has 3 aromatic rings. The second-order valence-electron chi connectivity index (χ2n) is 5.55. The van der Waals surface area contributed by atoms with Crippen molar-refractivity contribution in [3.63, 3.8) is 0 Å². The van der Waals surface area contributed by atoms with Gasteiger partial charge < -0.3 is 5.11 Å². The average Bonchev–Trinajstić information content (AvgIpc) is 3.00. The number of rotatable bonds is 5. The highest BCUT2D eigenvalue weighted by Gasteiger charge is 2.25. The molecule has 0 bridgehead atoms. The average molecular weight is 309 g/mol. The molecular weight excluding hydrogens is 290 g/mol. The second-order valence-corrected chi connectivity index (χ2v) is 5.55. The zero-order valence-corrected chi connectivity index (χ0v) is 13.2. The van der Waals surface area contributed by atoms with E-state index in [1.54, 1.807) is 4.68 Å². The molecule has 0 aliphatic heterocycles. The molecule has 0 aliphatic carbocycles. The molecule has 23 heavy (non-hydrogen) atoms. The Balaban J connectivity index is 2.29. The van der Waals surface area contributed by atoms with Crippen LogP contribution in [0.5, 0.6) is 0 Å². The highest BCUT2D eigenvalue weighted by molar-refractivity contribution is 5.91. The number of fused-ring (bicyclic) bond motifs is 1. The van der Waals surface area contributed by atoms with Crippen molar-refractivity contribution in [1.82, 2.24) is 15.0 Å². The number of carboxylic acids is 1. The quantitative estimate of drug-likeness (QED) is 0.773. The van der Waals surface area contributed by atoms with E-state index < -0.39 is 5.97 Å². The number of hydrogen-bond acceptors (Lipinski definition) is 3. The van der Waals surface area contributed by atoms with Gasteiger partial charge in [0.25, 0.3) is 0 Å². The summed E-state index contributed by atoms with van der Waals surface area (Å²) in [5.74, 6) is -0.923. The van der Waals surface area contributed by atoms with Crippen LogP contribution in [-0.2, 0) is 0 Å². The van der Waals surface area contributed by atoms with Gasteiger partial charge in [-0.1, -0.05) is 55.5 Å². The molecule has 118 valence electrons. The fraction of sp³-hybridized carbons (Fsp3) is 0.278. The monoisotopic (exact) mass is 309 g/mol. The Kier molecular flexibility index (Phi) is 4.10. The zero-order valence-electron chi connectivity index (χ0n) is 13.2. The molecule has 0 saturated carbocycles. The van der Waals surface area contributed by atoms with Crippen LogP contribution in [0, 0.1) is 0 Å². The molecule has 5 nitrogen and oxygen atoms in total. The van der Waals surface area contributed by atoms with Crippen LogP contribution in [0.1, 0.15) is 48.8 Å². The van der Waals surface area contributed by atoms with E-state index in [4.69, 9.17) is 0 Å². The highest BCUT2D eigenvalue weighted by Crippen LogP contribution is 2.30. The topological polar surface area (TPSA) is 68.0 Å². The molecule has 1 heterocycles. The van der Waals surface area contributed by atoms with Crippen molar-refractivity contribution < 1.29 is 9.90 Å². The molecule has 0 radical (unpaired) electrons. The Morgan fingerprint density at radius 3 is 2.52 bits per heavy atom. The molecule has 0 saturated heterocycles. The van der Waals surface area contributed by atoms with E-state index in [2.05, 4.69) is 24.2 Å². The summed E-state index contributed by atoms with van der Waals surface area (Å²) in [4.78, 5) is 11.6. The maximum Gasteiger partial charge on any atom is 0.358 e. The van der Waals surface area contributed by atoms with Crippen LogP contribution >= 0.6 is 0 Å². The lowest BCUT2D eigenvalue weighted by molar-refractivity contribution is 0.0688. The van der Waals surface area contributed by atoms with E-state index >= 15 is 0 Å². The van der Waals surface area contributed by atoms with Crippen molar-refractivity contribution in [2.24, 2.45) is 0 Å². The van der Waals surface area contributed by atoms with Crippen LogP contribution in [-0.4, -0.2) is 26.1 Å². The molecular formula is C18H19N3O2. The Hall–Kier alpha value is -2.69. The summed E-state index contributed by atoms with van der Waals surface area (Å²) >= 11 is 0. The third-order valence-electron chi connectivity index (χ3n) is 4.27. The van der Waals surface area contributed by atoms with Crippen LogP contribution < -0.4 is 0 Å². The molecule has 0 fully saturated rings. The molecule has 1 N–H and O–H groups in total. The van der Waals surface area contributed by atoms with E-state index in [9.17, 15) is 9.90 Å². The molecule has 0 atom stereocenters. The third kappa shape index (κ3) is 2.59. The lowest BCUT2D eigenvalue weighted by atomic mass is 9.97. The predicted molar refractivity (Wildman–Crippen MR) is 89.1 cm³/mol. The van der Waals surface area contributed by atoms with Gasteiger partial charge in [-0.05, 0) is 24.3 Å². The number of carbonyl (C=O) groups is 1. The smallest absolute Gasteiger partial charge is 0.358 e. The van der Waals surface area contributed by atoms with Crippen molar-refractivity contribution >= 4 is 16.7 Å². The van der Waals surface area contributed by atoms with Crippen molar-refractivity contribution in [2.45, 2.75) is 32.6 Å². The summed E-state index contributed by atoms with van der Waals surface area (Å²) in [7, 11) is 0. The van der Waals surface area contributed by atoms with Crippen molar-refractivity contribution in [2.75, 3.05) is 0 Å². The summed E-state index contributed by atoms with van der Waals surface area (Å²) in [5.41, 5.74) is 1.59. The van der Waals surface area contributed by atoms with Crippen LogP contribution in [0.2, 0.25) is 0 Å². The van der Waals surface area contributed by atoms with Gasteiger partial charge in [-0.15, -0.1) is 5.10 Å². The Labute approximate surface area is 134 Å². The second kappa shape index (κ2) is 6.20. The van der Waals surface area contributed by atoms with Gasteiger partial charge in [0.05, 0.1) is 11.4 Å². The number of nitrogens with zero attached hydrogens (tertiary/aromatic N) is 3. The fourth-order valence-corrected chi connectivity index (χ4v) is 3.05. The molecule has 0 amide bonds. The number of carboxylic acid groups (broad SMARTS) is 1. The Morgan fingerprint density at radius 2 is 1.83 bits per heavy atom. The lowest BCUT2D eigenvalue weighted by Gasteiger charge is -2.16. The Bertz CT molecular complexity index is 845. The molecule has 0 aliphatic rings. The van der Waals surface area contributed by atoms with E-state index in [1.165, 1.54) is 0 Å². The molecule has 0 unspecified atom stereocenters. The summed E-state index contributed by atoms with van der Waals surface area (Å²) in [5, 5.41) is 19.7. The summed E-state index contributed by atoms with van der Waals surface area (Å²) in [6.45, 7) is 4.11. The van der Waals surface area contributed by atoms with E-state index in [1.807, 2.05) is 42.5 Å². The minimum absolute atomic E-state index is 0.0478. The normalized spacial score (nSPS) is 11.3. The first-order valence-corrected chi connectivity index (χ1v) is 7.84. The van der Waals surface area contributed by atoms with Gasteiger partial charge >= 0.3 is 5.97 Å².